The topological polar surface area (TPSA) is 97.4 Å². The highest BCUT2D eigenvalue weighted by Crippen LogP contribution is 2.33. The fourth-order valence-electron chi connectivity index (χ4n) is 3.93. The van der Waals surface area contributed by atoms with Gasteiger partial charge in [0.25, 0.3) is 5.91 Å². The Kier molecular flexibility index (Phi) is 7.06. The Bertz CT molecular complexity index is 1100. The fraction of sp³-hybridized carbons (Fsp3) is 0.435. The van der Waals surface area contributed by atoms with E-state index in [2.05, 4.69) is 10.2 Å². The lowest BCUT2D eigenvalue weighted by molar-refractivity contribution is -0.125. The number of ether oxygens (including phenoxy) is 3. The van der Waals surface area contributed by atoms with Gasteiger partial charge in [-0.3, -0.25) is 4.79 Å². The predicted molar refractivity (Wildman–Crippen MR) is 125 cm³/mol. The van der Waals surface area contributed by atoms with Crippen molar-refractivity contribution in [2.75, 3.05) is 56.2 Å². The standard InChI is InChI=1S/C23H29N3O6S/c1-3-26(4-2)33(28,29)17-9-10-19(25-11-13-30-14-12-25)18(15-17)24-23(27)22-16-31-20-7-5-6-8-21(20)32-22/h5-10,15,22H,3-4,11-14,16H2,1-2H3,(H,24,27)/t22-/m1/s1. The van der Waals surface area contributed by atoms with Crippen LogP contribution in [0.15, 0.2) is 47.4 Å². The van der Waals surface area contributed by atoms with Gasteiger partial charge in [0.1, 0.15) is 6.61 Å². The average Bonchev–Trinajstić information content (AvgIpc) is 2.84. The third kappa shape index (κ3) is 4.92. The van der Waals surface area contributed by atoms with E-state index in [0.29, 0.717) is 56.6 Å². The van der Waals surface area contributed by atoms with Crippen molar-refractivity contribution in [3.05, 3.63) is 42.5 Å². The Balaban J connectivity index is 1.63. The highest BCUT2D eigenvalue weighted by Gasteiger charge is 2.30. The summed E-state index contributed by atoms with van der Waals surface area (Å²) in [6.45, 7) is 6.77. The normalized spacial score (nSPS) is 18.3. The van der Waals surface area contributed by atoms with Gasteiger partial charge in [-0.15, -0.1) is 0 Å². The van der Waals surface area contributed by atoms with Crippen LogP contribution in [0.5, 0.6) is 11.5 Å². The fourth-order valence-corrected chi connectivity index (χ4v) is 5.42. The molecule has 0 aliphatic carbocycles. The number of sulfonamides is 1. The summed E-state index contributed by atoms with van der Waals surface area (Å²) in [7, 11) is -3.69. The maximum Gasteiger partial charge on any atom is 0.269 e. The van der Waals surface area contributed by atoms with Crippen LogP contribution in [0.1, 0.15) is 13.8 Å². The Hall–Kier alpha value is -2.82. The maximum absolute atomic E-state index is 13.1. The van der Waals surface area contributed by atoms with Crippen molar-refractivity contribution in [3.8, 4) is 11.5 Å². The number of carbonyl (C=O) groups is 1. The summed E-state index contributed by atoms with van der Waals surface area (Å²) in [6.07, 6.45) is -0.861. The first-order valence-electron chi connectivity index (χ1n) is 11.1. The third-order valence-corrected chi connectivity index (χ3v) is 7.77. The van der Waals surface area contributed by atoms with Gasteiger partial charge in [-0.25, -0.2) is 8.42 Å². The number of nitrogens with zero attached hydrogens (tertiary/aromatic N) is 2. The minimum atomic E-state index is -3.69. The molecule has 2 aliphatic rings. The number of hydrogen-bond acceptors (Lipinski definition) is 7. The van der Waals surface area contributed by atoms with Gasteiger partial charge in [0.05, 0.1) is 29.5 Å². The quantitative estimate of drug-likeness (QED) is 0.656. The van der Waals surface area contributed by atoms with Gasteiger partial charge >= 0.3 is 0 Å². The summed E-state index contributed by atoms with van der Waals surface area (Å²) >= 11 is 0. The summed E-state index contributed by atoms with van der Waals surface area (Å²) < 4.78 is 44.5. The number of rotatable bonds is 7. The van der Waals surface area contributed by atoms with Crippen LogP contribution in [0.4, 0.5) is 11.4 Å². The Morgan fingerprint density at radius 3 is 2.48 bits per heavy atom. The summed E-state index contributed by atoms with van der Waals surface area (Å²) in [6, 6.07) is 12.0. The number of fused-ring (bicyclic) bond motifs is 1. The van der Waals surface area contributed by atoms with E-state index in [1.54, 1.807) is 44.2 Å². The molecule has 9 nitrogen and oxygen atoms in total. The van der Waals surface area contributed by atoms with Crippen LogP contribution in [0.3, 0.4) is 0 Å². The number of amides is 1. The molecule has 1 amide bonds. The molecule has 2 aromatic carbocycles. The van der Waals surface area contributed by atoms with E-state index in [4.69, 9.17) is 14.2 Å². The number of nitrogens with one attached hydrogen (secondary N) is 1. The largest absolute Gasteiger partial charge is 0.485 e. The molecule has 10 heteroatoms. The number of morpholine rings is 1. The molecule has 2 aromatic rings. The zero-order valence-electron chi connectivity index (χ0n) is 18.8. The Morgan fingerprint density at radius 2 is 1.79 bits per heavy atom. The smallest absolute Gasteiger partial charge is 0.269 e. The number of benzene rings is 2. The first-order valence-corrected chi connectivity index (χ1v) is 12.5. The van der Waals surface area contributed by atoms with E-state index in [0.717, 1.165) is 5.69 Å². The molecule has 178 valence electrons. The van der Waals surface area contributed by atoms with Crippen LogP contribution < -0.4 is 19.7 Å². The van der Waals surface area contributed by atoms with E-state index >= 15 is 0 Å². The molecular formula is C23H29N3O6S. The van der Waals surface area contributed by atoms with E-state index in [1.807, 2.05) is 6.07 Å². The first-order chi connectivity index (χ1) is 15.9. The number of para-hydroxylation sites is 2. The lowest BCUT2D eigenvalue weighted by Crippen LogP contribution is -2.41. The average molecular weight is 476 g/mol. The molecule has 1 N–H and O–H groups in total. The molecule has 0 aromatic heterocycles. The summed E-state index contributed by atoms with van der Waals surface area (Å²) in [5, 5.41) is 2.89. The summed E-state index contributed by atoms with van der Waals surface area (Å²) in [5.41, 5.74) is 1.15. The highest BCUT2D eigenvalue weighted by atomic mass is 32.2. The second-order valence-electron chi connectivity index (χ2n) is 7.72. The van der Waals surface area contributed by atoms with Crippen molar-refractivity contribution in [2.45, 2.75) is 24.8 Å². The van der Waals surface area contributed by atoms with Crippen LogP contribution >= 0.6 is 0 Å². The molecule has 2 aliphatic heterocycles. The van der Waals surface area contributed by atoms with E-state index in [1.165, 1.54) is 10.4 Å². The minimum Gasteiger partial charge on any atom is -0.485 e. The van der Waals surface area contributed by atoms with E-state index in [9.17, 15) is 13.2 Å². The van der Waals surface area contributed by atoms with Crippen LogP contribution in [0.25, 0.3) is 0 Å². The third-order valence-electron chi connectivity index (χ3n) is 5.72. The monoisotopic (exact) mass is 475 g/mol. The van der Waals surface area contributed by atoms with Crippen molar-refractivity contribution < 1.29 is 27.4 Å². The van der Waals surface area contributed by atoms with Crippen molar-refractivity contribution in [2.24, 2.45) is 0 Å². The molecular weight excluding hydrogens is 446 g/mol. The summed E-state index contributed by atoms with van der Waals surface area (Å²) in [4.78, 5) is 15.3. The van der Waals surface area contributed by atoms with Gasteiger partial charge in [-0.05, 0) is 30.3 Å². The Labute approximate surface area is 194 Å². The summed E-state index contributed by atoms with van der Waals surface area (Å²) in [5.74, 6) is 0.675. The van der Waals surface area contributed by atoms with Crippen LogP contribution in [0, 0.1) is 0 Å². The lowest BCUT2D eigenvalue weighted by Gasteiger charge is -2.31. The van der Waals surface area contributed by atoms with Gasteiger partial charge in [-0.2, -0.15) is 4.31 Å². The SMILES string of the molecule is CCN(CC)S(=O)(=O)c1ccc(N2CCOCC2)c(NC(=O)[C@H]2COc3ccccc3O2)c1. The first kappa shape index (κ1) is 23.3. The van der Waals surface area contributed by atoms with Gasteiger partial charge in [0, 0.05) is 26.2 Å². The van der Waals surface area contributed by atoms with Gasteiger partial charge in [-0.1, -0.05) is 26.0 Å². The molecule has 0 spiro atoms. The molecule has 0 saturated carbocycles. The van der Waals surface area contributed by atoms with Crippen molar-refractivity contribution in [3.63, 3.8) is 0 Å². The molecule has 0 bridgehead atoms. The molecule has 4 rings (SSSR count). The van der Waals surface area contributed by atoms with Crippen molar-refractivity contribution >= 4 is 27.3 Å². The molecule has 1 saturated heterocycles. The molecule has 0 unspecified atom stereocenters. The van der Waals surface area contributed by atoms with Crippen molar-refractivity contribution in [1.29, 1.82) is 0 Å². The molecule has 33 heavy (non-hydrogen) atoms. The van der Waals surface area contributed by atoms with Gasteiger partial charge < -0.3 is 24.4 Å². The van der Waals surface area contributed by atoms with Gasteiger partial charge in [0.2, 0.25) is 16.1 Å². The zero-order chi connectivity index (χ0) is 23.4. The van der Waals surface area contributed by atoms with Crippen molar-refractivity contribution in [1.82, 2.24) is 4.31 Å². The lowest BCUT2D eigenvalue weighted by atomic mass is 10.2. The second kappa shape index (κ2) is 9.98. The zero-order valence-corrected chi connectivity index (χ0v) is 19.6. The van der Waals surface area contributed by atoms with Gasteiger partial charge in [0.15, 0.2) is 11.5 Å². The highest BCUT2D eigenvalue weighted by molar-refractivity contribution is 7.89. The van der Waals surface area contributed by atoms with Crippen LogP contribution in [0.2, 0.25) is 0 Å². The molecule has 1 fully saturated rings. The number of hydrogen-bond donors (Lipinski definition) is 1. The molecule has 2 heterocycles. The van der Waals surface area contributed by atoms with Crippen LogP contribution in [-0.4, -0.2) is 70.7 Å². The minimum absolute atomic E-state index is 0.0627. The molecule has 0 radical (unpaired) electrons. The number of anilines is 2. The predicted octanol–water partition coefficient (Wildman–Crippen LogP) is 2.33. The Morgan fingerprint density at radius 1 is 1.09 bits per heavy atom. The maximum atomic E-state index is 13.1. The van der Waals surface area contributed by atoms with Crippen LogP contribution in [-0.2, 0) is 19.6 Å². The number of carbonyl (C=O) groups excluding carboxylic acids is 1. The van der Waals surface area contributed by atoms with E-state index < -0.39 is 22.0 Å². The molecule has 1 atom stereocenters. The van der Waals surface area contributed by atoms with E-state index in [-0.39, 0.29) is 11.5 Å². The second-order valence-corrected chi connectivity index (χ2v) is 9.66.